The predicted molar refractivity (Wildman–Crippen MR) is 149 cm³/mol. The standard InChI is InChI=1S/C27H30F2N4O3.2ClH/c1-16(2)32-7-8-33(24(15-32)27(34)35)25-22(28)13-23(29)26(31-25)36-21-10-17(3)9-20(12-21)19-6-4-5-18(11-19)14-30;;/h4-6,9-13,16,24H,7-8,14-15,30H2,1-3H3,(H,34,35);2*1H. The van der Waals surface area contributed by atoms with E-state index in [1.165, 1.54) is 4.90 Å². The third kappa shape index (κ3) is 6.91. The van der Waals surface area contributed by atoms with Gasteiger partial charge in [-0.05, 0) is 61.2 Å². The summed E-state index contributed by atoms with van der Waals surface area (Å²) in [5, 5.41) is 9.79. The number of aryl methyl sites for hydroxylation is 1. The molecule has 1 aromatic heterocycles. The second-order valence-corrected chi connectivity index (χ2v) is 9.26. The van der Waals surface area contributed by atoms with Gasteiger partial charge in [-0.3, -0.25) is 4.90 Å². The van der Waals surface area contributed by atoms with Crippen LogP contribution in [0.2, 0.25) is 0 Å². The Morgan fingerprint density at radius 3 is 2.50 bits per heavy atom. The molecular formula is C27H32Cl2F2N4O3. The molecule has 3 N–H and O–H groups in total. The smallest absolute Gasteiger partial charge is 0.327 e. The van der Waals surface area contributed by atoms with Crippen LogP contribution in [0.1, 0.15) is 25.0 Å². The van der Waals surface area contributed by atoms with E-state index in [0.29, 0.717) is 24.9 Å². The first-order chi connectivity index (χ1) is 17.2. The number of hydrogen-bond donors (Lipinski definition) is 2. The van der Waals surface area contributed by atoms with Crippen LogP contribution in [0.3, 0.4) is 0 Å². The molecule has 7 nitrogen and oxygen atoms in total. The topological polar surface area (TPSA) is 91.9 Å². The van der Waals surface area contributed by atoms with Crippen molar-refractivity contribution in [3.63, 3.8) is 0 Å². The molecular weight excluding hydrogens is 537 g/mol. The second kappa shape index (κ2) is 13.2. The van der Waals surface area contributed by atoms with Gasteiger partial charge in [0, 0.05) is 38.3 Å². The van der Waals surface area contributed by atoms with Gasteiger partial charge in [-0.2, -0.15) is 4.98 Å². The van der Waals surface area contributed by atoms with E-state index in [1.54, 1.807) is 12.1 Å². The van der Waals surface area contributed by atoms with Gasteiger partial charge in [-0.15, -0.1) is 24.8 Å². The van der Waals surface area contributed by atoms with Crippen LogP contribution in [0.25, 0.3) is 11.1 Å². The zero-order valence-corrected chi connectivity index (χ0v) is 23.0. The quantitative estimate of drug-likeness (QED) is 0.393. The van der Waals surface area contributed by atoms with Crippen LogP contribution in [0.4, 0.5) is 14.6 Å². The van der Waals surface area contributed by atoms with Crippen molar-refractivity contribution in [3.8, 4) is 22.8 Å². The van der Waals surface area contributed by atoms with Crippen molar-refractivity contribution in [3.05, 3.63) is 71.3 Å². The Bertz CT molecular complexity index is 1280. The molecule has 1 atom stereocenters. The van der Waals surface area contributed by atoms with Gasteiger partial charge in [0.25, 0.3) is 5.88 Å². The average Bonchev–Trinajstić information content (AvgIpc) is 2.85. The third-order valence-corrected chi connectivity index (χ3v) is 6.34. The molecule has 0 spiro atoms. The lowest BCUT2D eigenvalue weighted by molar-refractivity contribution is -0.139. The number of carbonyl (C=O) groups is 1. The predicted octanol–water partition coefficient (Wildman–Crippen LogP) is 5.41. The van der Waals surface area contributed by atoms with E-state index in [2.05, 4.69) is 4.98 Å². The minimum atomic E-state index is -1.10. The van der Waals surface area contributed by atoms with E-state index >= 15 is 0 Å². The molecule has 1 saturated heterocycles. The molecule has 0 amide bonds. The number of anilines is 1. The van der Waals surface area contributed by atoms with E-state index < -0.39 is 29.5 Å². The average molecular weight is 569 g/mol. The van der Waals surface area contributed by atoms with Gasteiger partial charge >= 0.3 is 5.97 Å². The van der Waals surface area contributed by atoms with Crippen LogP contribution in [0, 0.1) is 18.6 Å². The van der Waals surface area contributed by atoms with Crippen molar-refractivity contribution in [1.82, 2.24) is 9.88 Å². The molecule has 1 fully saturated rings. The number of aromatic nitrogens is 1. The SMILES string of the molecule is Cc1cc(Oc2nc(N3CCN(C(C)C)CC3C(=O)O)c(F)cc2F)cc(-c2cccc(CN)c2)c1.Cl.Cl. The number of benzene rings is 2. The second-order valence-electron chi connectivity index (χ2n) is 9.26. The summed E-state index contributed by atoms with van der Waals surface area (Å²) in [5.41, 5.74) is 9.38. The van der Waals surface area contributed by atoms with Crippen molar-refractivity contribution in [2.75, 3.05) is 24.5 Å². The van der Waals surface area contributed by atoms with Gasteiger partial charge in [0.2, 0.25) is 0 Å². The van der Waals surface area contributed by atoms with Crippen LogP contribution < -0.4 is 15.4 Å². The summed E-state index contributed by atoms with van der Waals surface area (Å²) in [6.07, 6.45) is 0. The van der Waals surface area contributed by atoms with Crippen molar-refractivity contribution in [2.24, 2.45) is 5.73 Å². The number of pyridine rings is 1. The Morgan fingerprint density at radius 2 is 1.84 bits per heavy atom. The molecule has 0 bridgehead atoms. The molecule has 3 aromatic rings. The number of nitrogens with zero attached hydrogens (tertiary/aromatic N) is 3. The third-order valence-electron chi connectivity index (χ3n) is 6.34. The summed E-state index contributed by atoms with van der Waals surface area (Å²) >= 11 is 0. The molecule has 38 heavy (non-hydrogen) atoms. The van der Waals surface area contributed by atoms with E-state index in [4.69, 9.17) is 10.5 Å². The normalized spacial score (nSPS) is 15.6. The molecule has 206 valence electrons. The fourth-order valence-electron chi connectivity index (χ4n) is 4.41. The Labute approximate surface area is 233 Å². The summed E-state index contributed by atoms with van der Waals surface area (Å²) in [6, 6.07) is 13.0. The molecule has 0 aliphatic carbocycles. The fourth-order valence-corrected chi connectivity index (χ4v) is 4.41. The largest absolute Gasteiger partial charge is 0.480 e. The Kier molecular flexibility index (Phi) is 10.8. The zero-order chi connectivity index (χ0) is 26.0. The zero-order valence-electron chi connectivity index (χ0n) is 21.4. The van der Waals surface area contributed by atoms with Gasteiger partial charge in [0.1, 0.15) is 11.8 Å². The summed E-state index contributed by atoms with van der Waals surface area (Å²) in [5.74, 6) is -3.35. The molecule has 2 aromatic carbocycles. The van der Waals surface area contributed by atoms with E-state index in [9.17, 15) is 18.7 Å². The van der Waals surface area contributed by atoms with E-state index in [-0.39, 0.29) is 49.8 Å². The number of halogens is 4. The van der Waals surface area contributed by atoms with Crippen LogP contribution >= 0.6 is 24.8 Å². The van der Waals surface area contributed by atoms with Gasteiger partial charge in [-0.25, -0.2) is 13.6 Å². The lowest BCUT2D eigenvalue weighted by atomic mass is 10.0. The monoisotopic (exact) mass is 568 g/mol. The maximum Gasteiger partial charge on any atom is 0.327 e. The van der Waals surface area contributed by atoms with E-state index in [1.807, 2.05) is 56.0 Å². The van der Waals surface area contributed by atoms with Crippen molar-refractivity contribution in [1.29, 1.82) is 0 Å². The Hall–Kier alpha value is -2.98. The molecule has 11 heteroatoms. The number of ether oxygens (including phenoxy) is 1. The van der Waals surface area contributed by atoms with E-state index in [0.717, 1.165) is 22.3 Å². The first-order valence-corrected chi connectivity index (χ1v) is 11.8. The Balaban J connectivity index is 0.00000253. The summed E-state index contributed by atoms with van der Waals surface area (Å²) < 4.78 is 35.4. The molecule has 1 aliphatic heterocycles. The minimum absolute atomic E-state index is 0. The summed E-state index contributed by atoms with van der Waals surface area (Å²) in [7, 11) is 0. The van der Waals surface area contributed by atoms with Crippen molar-refractivity contribution < 1.29 is 23.4 Å². The highest BCUT2D eigenvalue weighted by Gasteiger charge is 2.36. The van der Waals surface area contributed by atoms with Gasteiger partial charge in [0.15, 0.2) is 17.5 Å². The molecule has 1 aliphatic rings. The molecule has 0 radical (unpaired) electrons. The number of piperazine rings is 1. The first-order valence-electron chi connectivity index (χ1n) is 11.8. The number of carboxylic acid groups (broad SMARTS) is 1. The highest BCUT2D eigenvalue weighted by atomic mass is 35.5. The lowest BCUT2D eigenvalue weighted by Crippen LogP contribution is -2.58. The number of nitrogens with two attached hydrogens (primary N) is 1. The first kappa shape index (κ1) is 31.2. The van der Waals surface area contributed by atoms with Gasteiger partial charge in [-0.1, -0.05) is 24.3 Å². The summed E-state index contributed by atoms with van der Waals surface area (Å²) in [6.45, 7) is 7.19. The number of carboxylic acids is 1. The number of aliphatic carboxylic acids is 1. The van der Waals surface area contributed by atoms with Gasteiger partial charge in [0.05, 0.1) is 0 Å². The molecule has 4 rings (SSSR count). The molecule has 0 saturated carbocycles. The maximum atomic E-state index is 14.9. The van der Waals surface area contributed by atoms with Crippen LogP contribution in [-0.4, -0.2) is 52.7 Å². The van der Waals surface area contributed by atoms with Gasteiger partial charge < -0.3 is 20.5 Å². The molecule has 1 unspecified atom stereocenters. The number of rotatable bonds is 7. The lowest BCUT2D eigenvalue weighted by Gasteiger charge is -2.41. The minimum Gasteiger partial charge on any atom is -0.480 e. The van der Waals surface area contributed by atoms with Crippen molar-refractivity contribution in [2.45, 2.75) is 39.4 Å². The number of hydrogen-bond acceptors (Lipinski definition) is 6. The molecule has 2 heterocycles. The maximum absolute atomic E-state index is 14.9. The summed E-state index contributed by atoms with van der Waals surface area (Å²) in [4.78, 5) is 19.5. The highest BCUT2D eigenvalue weighted by molar-refractivity contribution is 5.85. The van der Waals surface area contributed by atoms with Crippen LogP contribution in [-0.2, 0) is 11.3 Å². The van der Waals surface area contributed by atoms with Crippen LogP contribution in [0.5, 0.6) is 11.6 Å². The highest BCUT2D eigenvalue weighted by Crippen LogP contribution is 2.33. The van der Waals surface area contributed by atoms with Crippen LogP contribution in [0.15, 0.2) is 48.5 Å². The Morgan fingerprint density at radius 1 is 1.11 bits per heavy atom. The van der Waals surface area contributed by atoms with Crippen molar-refractivity contribution >= 4 is 36.6 Å². The fraction of sp³-hybridized carbons (Fsp3) is 0.333.